The van der Waals surface area contributed by atoms with E-state index in [1.54, 1.807) is 15.7 Å². The number of imidazole rings is 1. The Morgan fingerprint density at radius 3 is 2.76 bits per heavy atom. The van der Waals surface area contributed by atoms with Gasteiger partial charge in [-0.1, -0.05) is 6.07 Å². The molecule has 0 bridgehead atoms. The maximum Gasteiger partial charge on any atom is 0.326 e. The number of likely N-dealkylation sites (tertiary alicyclic amines) is 1. The third-order valence-electron chi connectivity index (χ3n) is 9.10. The number of aliphatic hydroxyl groups is 1. The molecule has 2 aromatic carbocycles. The van der Waals surface area contributed by atoms with E-state index in [9.17, 15) is 19.1 Å². The summed E-state index contributed by atoms with van der Waals surface area (Å²) in [7, 11) is 0. The molecule has 0 saturated carbocycles. The van der Waals surface area contributed by atoms with Crippen LogP contribution in [-0.2, 0) is 13.1 Å². The zero-order valence-electron chi connectivity index (χ0n) is 26.0. The summed E-state index contributed by atoms with van der Waals surface area (Å²) in [4.78, 5) is 43.7. The van der Waals surface area contributed by atoms with Gasteiger partial charge in [0.2, 0.25) is 0 Å². The van der Waals surface area contributed by atoms with E-state index in [2.05, 4.69) is 30.8 Å². The van der Waals surface area contributed by atoms with Gasteiger partial charge in [-0.3, -0.25) is 14.3 Å². The molecule has 2 N–H and O–H groups in total. The summed E-state index contributed by atoms with van der Waals surface area (Å²) in [6, 6.07) is 9.98. The fourth-order valence-corrected chi connectivity index (χ4v) is 6.90. The molecule has 2 saturated heterocycles. The number of benzene rings is 2. The maximum absolute atomic E-state index is 14.3. The molecule has 12 heteroatoms. The number of nitrogens with zero attached hydrogens (tertiary/aromatic N) is 6. The normalized spacial score (nSPS) is 18.5. The van der Waals surface area contributed by atoms with Gasteiger partial charge in [-0.15, -0.1) is 0 Å². The average molecular weight is 618 g/mol. The molecule has 0 radical (unpaired) electrons. The van der Waals surface area contributed by atoms with E-state index >= 15 is 0 Å². The van der Waals surface area contributed by atoms with E-state index in [0.29, 0.717) is 18.1 Å². The summed E-state index contributed by atoms with van der Waals surface area (Å²) in [5.74, 6) is 0.548. The number of carbonyl (C=O) groups is 1. The Morgan fingerprint density at radius 2 is 1.98 bits per heavy atom. The van der Waals surface area contributed by atoms with Crippen LogP contribution in [0.2, 0.25) is 0 Å². The van der Waals surface area contributed by atoms with Crippen LogP contribution in [0.25, 0.3) is 11.0 Å². The second-order valence-electron chi connectivity index (χ2n) is 12.4. The number of aromatic amines is 1. The molecule has 2 aliphatic heterocycles. The number of fused-ring (bicyclic) bond motifs is 1. The average Bonchev–Trinajstić information content (AvgIpc) is 3.71. The van der Waals surface area contributed by atoms with E-state index in [4.69, 9.17) is 4.74 Å². The van der Waals surface area contributed by atoms with Crippen LogP contribution >= 0.6 is 0 Å². The predicted molar refractivity (Wildman–Crippen MR) is 169 cm³/mol. The number of carbonyl (C=O) groups excluding carboxylic acids is 1. The fraction of sp³-hybridized carbons (Fsp3) is 0.455. The Balaban J connectivity index is 1.16. The van der Waals surface area contributed by atoms with Crippen molar-refractivity contribution in [1.82, 2.24) is 29.3 Å². The first-order valence-corrected chi connectivity index (χ1v) is 15.6. The minimum Gasteiger partial charge on any atom is -0.451 e. The van der Waals surface area contributed by atoms with Crippen molar-refractivity contribution in [3.05, 3.63) is 76.4 Å². The molecule has 11 nitrogen and oxygen atoms in total. The SMILES string of the molecule is CCN(C(=O)c1cc(F)ccc1Oc1cncnc1N1CCC2(CCN(Cc3ccc4c(c3)[nH]c(=O)n4CCO)C2)C1)C(C)C. The van der Waals surface area contributed by atoms with Crippen molar-refractivity contribution in [2.75, 3.05) is 44.2 Å². The van der Waals surface area contributed by atoms with Gasteiger partial charge in [0.05, 0.1) is 35.9 Å². The molecular formula is C33H40FN7O4. The highest BCUT2D eigenvalue weighted by Crippen LogP contribution is 2.43. The summed E-state index contributed by atoms with van der Waals surface area (Å²) in [6.07, 6.45) is 5.15. The summed E-state index contributed by atoms with van der Waals surface area (Å²) in [5, 5.41) is 9.30. The minimum absolute atomic E-state index is 0.0493. The Hall–Kier alpha value is -4.29. The van der Waals surface area contributed by atoms with Gasteiger partial charge in [-0.2, -0.15) is 0 Å². The highest BCUT2D eigenvalue weighted by molar-refractivity contribution is 5.97. The number of rotatable bonds is 10. The molecule has 45 heavy (non-hydrogen) atoms. The van der Waals surface area contributed by atoms with Crippen molar-refractivity contribution in [2.45, 2.75) is 52.7 Å². The van der Waals surface area contributed by atoms with Crippen molar-refractivity contribution < 1.29 is 19.0 Å². The quantitative estimate of drug-likeness (QED) is 0.274. The number of hydrogen-bond acceptors (Lipinski definition) is 8. The minimum atomic E-state index is -0.504. The number of amides is 1. The largest absolute Gasteiger partial charge is 0.451 e. The maximum atomic E-state index is 14.3. The van der Waals surface area contributed by atoms with E-state index in [-0.39, 0.29) is 47.5 Å². The molecular weight excluding hydrogens is 577 g/mol. The van der Waals surface area contributed by atoms with Crippen LogP contribution in [0.1, 0.15) is 49.5 Å². The summed E-state index contributed by atoms with van der Waals surface area (Å²) >= 11 is 0. The monoisotopic (exact) mass is 617 g/mol. The highest BCUT2D eigenvalue weighted by Gasteiger charge is 2.44. The fourth-order valence-electron chi connectivity index (χ4n) is 6.90. The van der Waals surface area contributed by atoms with E-state index in [0.717, 1.165) is 62.2 Å². The molecule has 4 aromatic rings. The lowest BCUT2D eigenvalue weighted by Gasteiger charge is -2.27. The Kier molecular flexibility index (Phi) is 8.61. The number of H-pyrrole nitrogens is 1. The van der Waals surface area contributed by atoms with Gasteiger partial charge in [0.25, 0.3) is 5.91 Å². The van der Waals surface area contributed by atoms with E-state index in [1.807, 2.05) is 32.9 Å². The summed E-state index contributed by atoms with van der Waals surface area (Å²) < 4.78 is 22.1. The number of ether oxygens (including phenoxy) is 1. The molecule has 238 valence electrons. The summed E-state index contributed by atoms with van der Waals surface area (Å²) in [6.45, 7) is 10.7. The van der Waals surface area contributed by atoms with E-state index < -0.39 is 5.82 Å². The van der Waals surface area contributed by atoms with Gasteiger partial charge in [-0.05, 0) is 76.1 Å². The van der Waals surface area contributed by atoms with Crippen LogP contribution in [0.3, 0.4) is 0 Å². The lowest BCUT2D eigenvalue weighted by molar-refractivity contribution is 0.0713. The molecule has 4 heterocycles. The lowest BCUT2D eigenvalue weighted by atomic mass is 9.86. The Bertz CT molecular complexity index is 1750. The second-order valence-corrected chi connectivity index (χ2v) is 12.4. The molecule has 6 rings (SSSR count). The first-order chi connectivity index (χ1) is 21.7. The zero-order valence-corrected chi connectivity index (χ0v) is 26.0. The number of hydrogen-bond donors (Lipinski definition) is 2. The number of anilines is 1. The Labute approximate surface area is 261 Å². The van der Waals surface area contributed by atoms with Gasteiger partial charge in [-0.25, -0.2) is 19.2 Å². The third kappa shape index (κ3) is 6.16. The second kappa shape index (κ2) is 12.6. The van der Waals surface area contributed by atoms with Crippen LogP contribution in [0.4, 0.5) is 10.2 Å². The molecule has 1 amide bonds. The van der Waals surface area contributed by atoms with Gasteiger partial charge in [0.1, 0.15) is 17.9 Å². The molecule has 2 fully saturated rings. The van der Waals surface area contributed by atoms with Crippen LogP contribution in [0.15, 0.2) is 53.7 Å². The first-order valence-electron chi connectivity index (χ1n) is 15.6. The van der Waals surface area contributed by atoms with Crippen molar-refractivity contribution in [2.24, 2.45) is 5.41 Å². The standard InChI is InChI=1S/C33H40FN7O4/c1-4-40(22(2)3)31(43)25-16-24(34)6-8-28(25)45-29-17-35-21-36-30(29)39-12-10-33(20-39)9-11-38(19-33)18-23-5-7-27-26(15-23)37-32(44)41(27)13-14-42/h5-8,15-17,21-22,42H,4,9-14,18-20H2,1-3H3,(H,37,44). The lowest BCUT2D eigenvalue weighted by Crippen LogP contribution is -2.36. The van der Waals surface area contributed by atoms with Crippen molar-refractivity contribution >= 4 is 22.8 Å². The molecule has 2 aromatic heterocycles. The smallest absolute Gasteiger partial charge is 0.326 e. The number of aliphatic hydroxyl groups excluding tert-OH is 1. The van der Waals surface area contributed by atoms with Gasteiger partial charge < -0.3 is 24.6 Å². The van der Waals surface area contributed by atoms with E-state index in [1.165, 1.54) is 24.5 Å². The highest BCUT2D eigenvalue weighted by atomic mass is 19.1. The van der Waals surface area contributed by atoms with Crippen LogP contribution in [0, 0.1) is 11.2 Å². The van der Waals surface area contributed by atoms with Crippen LogP contribution < -0.4 is 15.3 Å². The molecule has 2 aliphatic rings. The number of aromatic nitrogens is 4. The molecule has 1 unspecified atom stereocenters. The van der Waals surface area contributed by atoms with Gasteiger partial charge in [0, 0.05) is 44.2 Å². The Morgan fingerprint density at radius 1 is 1.16 bits per heavy atom. The first kappa shape index (κ1) is 30.7. The topological polar surface area (TPSA) is 120 Å². The zero-order chi connectivity index (χ0) is 31.7. The predicted octanol–water partition coefficient (Wildman–Crippen LogP) is 4.02. The van der Waals surface area contributed by atoms with Crippen molar-refractivity contribution in [3.63, 3.8) is 0 Å². The molecule has 0 aliphatic carbocycles. The van der Waals surface area contributed by atoms with Crippen molar-refractivity contribution in [3.8, 4) is 11.5 Å². The molecule has 1 atom stereocenters. The van der Waals surface area contributed by atoms with Crippen molar-refractivity contribution in [1.29, 1.82) is 0 Å². The van der Waals surface area contributed by atoms with Gasteiger partial charge >= 0.3 is 5.69 Å². The van der Waals surface area contributed by atoms with Crippen LogP contribution in [0.5, 0.6) is 11.5 Å². The van der Waals surface area contributed by atoms with Gasteiger partial charge in [0.15, 0.2) is 11.6 Å². The summed E-state index contributed by atoms with van der Waals surface area (Å²) in [5.41, 5.74) is 2.75. The number of nitrogens with one attached hydrogen (secondary N) is 1. The third-order valence-corrected chi connectivity index (χ3v) is 9.10. The number of halogens is 1. The van der Waals surface area contributed by atoms with Crippen LogP contribution in [-0.4, -0.2) is 85.7 Å². The molecule has 1 spiro atoms.